The number of hydrogen-bond donors (Lipinski definition) is 2. The van der Waals surface area contributed by atoms with Crippen LogP contribution < -0.4 is 11.5 Å². The van der Waals surface area contributed by atoms with Gasteiger partial charge in [0.05, 0.1) is 29.2 Å². The number of aromatic nitrogens is 1. The lowest BCUT2D eigenvalue weighted by Gasteiger charge is -2.10. The van der Waals surface area contributed by atoms with Crippen molar-refractivity contribution in [2.75, 3.05) is 18.6 Å². The third kappa shape index (κ3) is 2.73. The lowest BCUT2D eigenvalue weighted by molar-refractivity contribution is 0.0594. The molecule has 0 amide bonds. The normalized spacial score (nSPS) is 10.5. The molecule has 4 N–H and O–H groups in total. The van der Waals surface area contributed by atoms with Crippen molar-refractivity contribution < 1.29 is 18.3 Å². The molecule has 1 aromatic heterocycles. The molecule has 1 aromatic carbocycles. The lowest BCUT2D eigenvalue weighted by atomic mass is 10.1. The Kier molecular flexibility index (Phi) is 3.95. The molecular formula is C13H10ClF2N3O2. The summed E-state index contributed by atoms with van der Waals surface area (Å²) in [5, 5.41) is -0.110. The molecule has 0 atom stereocenters. The average molecular weight is 314 g/mol. The second-order valence-electron chi connectivity index (χ2n) is 4.10. The molecule has 2 rings (SSSR count). The predicted molar refractivity (Wildman–Crippen MR) is 74.8 cm³/mol. The van der Waals surface area contributed by atoms with E-state index in [0.717, 1.165) is 13.2 Å². The van der Waals surface area contributed by atoms with Crippen molar-refractivity contribution >= 4 is 28.9 Å². The van der Waals surface area contributed by atoms with Gasteiger partial charge in [-0.15, -0.1) is 0 Å². The maximum absolute atomic E-state index is 13.5. The number of ether oxygens (including phenoxy) is 1. The van der Waals surface area contributed by atoms with Crippen molar-refractivity contribution in [2.45, 2.75) is 0 Å². The average Bonchev–Trinajstić information content (AvgIpc) is 2.44. The van der Waals surface area contributed by atoms with Crippen molar-refractivity contribution in [2.24, 2.45) is 0 Å². The molecule has 0 spiro atoms. The molecular weight excluding hydrogens is 304 g/mol. The number of esters is 1. The zero-order chi connectivity index (χ0) is 15.7. The van der Waals surface area contributed by atoms with E-state index in [2.05, 4.69) is 9.72 Å². The van der Waals surface area contributed by atoms with Gasteiger partial charge in [0.25, 0.3) is 0 Å². The highest BCUT2D eigenvalue weighted by Crippen LogP contribution is 2.32. The minimum absolute atomic E-state index is 0.00568. The number of rotatable bonds is 2. The molecule has 1 heterocycles. The number of pyridine rings is 1. The van der Waals surface area contributed by atoms with Crippen LogP contribution in [0.15, 0.2) is 18.2 Å². The summed E-state index contributed by atoms with van der Waals surface area (Å²) < 4.78 is 31.3. The number of nitrogen functional groups attached to an aromatic ring is 2. The van der Waals surface area contributed by atoms with Crippen LogP contribution in [0.4, 0.5) is 20.2 Å². The second kappa shape index (κ2) is 5.53. The van der Waals surface area contributed by atoms with Crippen LogP contribution in [0.1, 0.15) is 10.5 Å². The van der Waals surface area contributed by atoms with Gasteiger partial charge in [0.15, 0.2) is 5.69 Å². The molecule has 0 unspecified atom stereocenters. The van der Waals surface area contributed by atoms with E-state index in [-0.39, 0.29) is 33.3 Å². The molecule has 5 nitrogen and oxygen atoms in total. The zero-order valence-electron chi connectivity index (χ0n) is 10.8. The number of anilines is 2. The maximum atomic E-state index is 13.5. The molecule has 0 bridgehead atoms. The number of methoxy groups -OCH3 is 1. The summed E-state index contributed by atoms with van der Waals surface area (Å²) in [4.78, 5) is 15.5. The second-order valence-corrected chi connectivity index (χ2v) is 4.48. The Morgan fingerprint density at radius 2 is 1.95 bits per heavy atom. The first-order valence-electron chi connectivity index (χ1n) is 5.64. The van der Waals surface area contributed by atoms with Crippen LogP contribution in [-0.4, -0.2) is 18.1 Å². The first-order chi connectivity index (χ1) is 9.85. The van der Waals surface area contributed by atoms with Gasteiger partial charge in [-0.3, -0.25) is 0 Å². The van der Waals surface area contributed by atoms with Crippen LogP contribution in [-0.2, 0) is 4.74 Å². The fourth-order valence-corrected chi connectivity index (χ4v) is 1.89. The molecule has 0 fully saturated rings. The van der Waals surface area contributed by atoms with Crippen LogP contribution in [0, 0.1) is 11.6 Å². The standard InChI is InChI=1S/C13H10ClF2N3O2/c1-21-13(20)12-10(14)8(17)4-9(19-12)6-2-5(15)3-7(16)11(6)18/h2-4H,18H2,1H3,(H2,17,19). The van der Waals surface area contributed by atoms with E-state index >= 15 is 0 Å². The summed E-state index contributed by atoms with van der Waals surface area (Å²) in [6, 6.07) is 2.88. The number of hydrogen-bond acceptors (Lipinski definition) is 5. The molecule has 0 aliphatic carbocycles. The van der Waals surface area contributed by atoms with Crippen molar-refractivity contribution in [3.63, 3.8) is 0 Å². The fourth-order valence-electron chi connectivity index (χ4n) is 1.72. The summed E-state index contributed by atoms with van der Waals surface area (Å²) in [6.07, 6.45) is 0. The summed E-state index contributed by atoms with van der Waals surface area (Å²) in [6.45, 7) is 0. The minimum Gasteiger partial charge on any atom is -0.464 e. The summed E-state index contributed by atoms with van der Waals surface area (Å²) >= 11 is 5.86. The Balaban J connectivity index is 2.71. The molecule has 0 radical (unpaired) electrons. The predicted octanol–water partition coefficient (Wildman–Crippen LogP) is 2.63. The monoisotopic (exact) mass is 313 g/mol. The number of nitrogens with two attached hydrogens (primary N) is 2. The van der Waals surface area contributed by atoms with Crippen LogP contribution in [0.5, 0.6) is 0 Å². The first-order valence-corrected chi connectivity index (χ1v) is 6.02. The highest BCUT2D eigenvalue weighted by Gasteiger charge is 2.19. The van der Waals surface area contributed by atoms with E-state index in [1.165, 1.54) is 6.07 Å². The van der Waals surface area contributed by atoms with Gasteiger partial charge < -0.3 is 16.2 Å². The Morgan fingerprint density at radius 1 is 1.29 bits per heavy atom. The first kappa shape index (κ1) is 15.0. The molecule has 0 saturated carbocycles. The zero-order valence-corrected chi connectivity index (χ0v) is 11.5. The lowest BCUT2D eigenvalue weighted by Crippen LogP contribution is -2.08. The molecule has 0 aliphatic heterocycles. The van der Waals surface area contributed by atoms with Crippen LogP contribution in [0.2, 0.25) is 5.02 Å². The quantitative estimate of drug-likeness (QED) is 0.657. The fraction of sp³-hybridized carbons (Fsp3) is 0.0769. The Hall–Kier alpha value is -2.41. The van der Waals surface area contributed by atoms with Gasteiger partial charge in [0, 0.05) is 11.6 Å². The maximum Gasteiger partial charge on any atom is 0.358 e. The minimum atomic E-state index is -0.945. The third-order valence-electron chi connectivity index (χ3n) is 2.73. The highest BCUT2D eigenvalue weighted by atomic mass is 35.5. The van der Waals surface area contributed by atoms with Crippen molar-refractivity contribution in [3.05, 3.63) is 40.6 Å². The van der Waals surface area contributed by atoms with Gasteiger partial charge in [-0.1, -0.05) is 11.6 Å². The molecule has 110 valence electrons. The van der Waals surface area contributed by atoms with E-state index in [9.17, 15) is 13.6 Å². The van der Waals surface area contributed by atoms with Crippen molar-refractivity contribution in [1.82, 2.24) is 4.98 Å². The van der Waals surface area contributed by atoms with Gasteiger partial charge in [0.1, 0.15) is 11.6 Å². The largest absolute Gasteiger partial charge is 0.464 e. The number of carbonyl (C=O) groups excluding carboxylic acids is 1. The Bertz CT molecular complexity index is 738. The van der Waals surface area contributed by atoms with Gasteiger partial charge in [0.2, 0.25) is 0 Å². The van der Waals surface area contributed by atoms with E-state index in [4.69, 9.17) is 23.1 Å². The number of halogens is 3. The van der Waals surface area contributed by atoms with Gasteiger partial charge in [-0.05, 0) is 12.1 Å². The smallest absolute Gasteiger partial charge is 0.358 e. The van der Waals surface area contributed by atoms with E-state index < -0.39 is 17.6 Å². The van der Waals surface area contributed by atoms with Crippen molar-refractivity contribution in [1.29, 1.82) is 0 Å². The Morgan fingerprint density at radius 3 is 2.57 bits per heavy atom. The van der Waals surface area contributed by atoms with Gasteiger partial charge >= 0.3 is 5.97 Å². The summed E-state index contributed by atoms with van der Waals surface area (Å²) in [7, 11) is 1.14. The summed E-state index contributed by atoms with van der Waals surface area (Å²) in [5.41, 5.74) is 10.6. The van der Waals surface area contributed by atoms with Crippen molar-refractivity contribution in [3.8, 4) is 11.3 Å². The van der Waals surface area contributed by atoms with Crippen LogP contribution in [0.3, 0.4) is 0 Å². The topological polar surface area (TPSA) is 91.2 Å². The van der Waals surface area contributed by atoms with Gasteiger partial charge in [-0.25, -0.2) is 18.6 Å². The van der Waals surface area contributed by atoms with Crippen LogP contribution >= 0.6 is 11.6 Å². The molecule has 0 aliphatic rings. The van der Waals surface area contributed by atoms with E-state index in [1.807, 2.05) is 0 Å². The Labute approximate surface area is 123 Å². The molecule has 0 saturated heterocycles. The van der Waals surface area contributed by atoms with E-state index in [1.54, 1.807) is 0 Å². The summed E-state index contributed by atoms with van der Waals surface area (Å²) in [5.74, 6) is -2.62. The third-order valence-corrected chi connectivity index (χ3v) is 3.13. The molecule has 21 heavy (non-hydrogen) atoms. The number of benzene rings is 1. The number of carbonyl (C=O) groups is 1. The SMILES string of the molecule is COC(=O)c1nc(-c2cc(F)cc(F)c2N)cc(N)c1Cl. The molecule has 2 aromatic rings. The molecule has 8 heteroatoms. The van der Waals surface area contributed by atoms with Gasteiger partial charge in [-0.2, -0.15) is 0 Å². The van der Waals surface area contributed by atoms with Crippen LogP contribution in [0.25, 0.3) is 11.3 Å². The number of nitrogens with zero attached hydrogens (tertiary/aromatic N) is 1. The van der Waals surface area contributed by atoms with E-state index in [0.29, 0.717) is 6.07 Å². The highest BCUT2D eigenvalue weighted by molar-refractivity contribution is 6.35.